The van der Waals surface area contributed by atoms with E-state index in [1.54, 1.807) is 18.6 Å². The molecule has 2 aromatic heterocycles. The molecule has 3 heterocycles. The van der Waals surface area contributed by atoms with Crippen molar-refractivity contribution < 1.29 is 9.59 Å². The van der Waals surface area contributed by atoms with Crippen LogP contribution in [0.4, 0.5) is 0 Å². The Hall–Kier alpha value is -2.70. The van der Waals surface area contributed by atoms with Crippen molar-refractivity contribution in [2.45, 2.75) is 39.9 Å². The number of fused-ring (bicyclic) bond motifs is 1. The predicted octanol–water partition coefficient (Wildman–Crippen LogP) is 1.77. The van der Waals surface area contributed by atoms with Crippen LogP contribution in [0.5, 0.6) is 0 Å². The number of hydrogen-bond donors (Lipinski definition) is 1. The molecule has 7 nitrogen and oxygen atoms in total. The molecular formula is C18H23N5O2. The standard InChI is InChI=1S/C18H23N5O2/c1-12(2)18(25)23-8-7-22-11-15(21-16(22)13(23)3)17(24)20-10-14-5-4-6-19-9-14/h4-6,9,11-13H,7-8,10H2,1-3H3,(H,20,24)/t13-/m0/s1. The zero-order valence-electron chi connectivity index (χ0n) is 14.8. The summed E-state index contributed by atoms with van der Waals surface area (Å²) < 4.78 is 1.97. The molecule has 0 saturated carbocycles. The van der Waals surface area contributed by atoms with E-state index in [4.69, 9.17) is 0 Å². The van der Waals surface area contributed by atoms with Gasteiger partial charge in [0.1, 0.15) is 11.5 Å². The number of nitrogens with one attached hydrogen (secondary N) is 1. The number of imidazole rings is 1. The molecule has 2 aromatic rings. The van der Waals surface area contributed by atoms with Crippen molar-refractivity contribution in [2.24, 2.45) is 5.92 Å². The van der Waals surface area contributed by atoms with Crippen molar-refractivity contribution in [3.05, 3.63) is 47.8 Å². The summed E-state index contributed by atoms with van der Waals surface area (Å²) in [6.07, 6.45) is 5.18. The molecule has 1 aliphatic heterocycles. The van der Waals surface area contributed by atoms with Crippen LogP contribution in [0.1, 0.15) is 48.7 Å². The number of nitrogens with zero attached hydrogens (tertiary/aromatic N) is 4. The maximum absolute atomic E-state index is 12.4. The summed E-state index contributed by atoms with van der Waals surface area (Å²) in [4.78, 5) is 35.0. The summed E-state index contributed by atoms with van der Waals surface area (Å²) in [6, 6.07) is 3.60. The van der Waals surface area contributed by atoms with Crippen molar-refractivity contribution >= 4 is 11.8 Å². The molecule has 0 aliphatic carbocycles. The second-order valence-corrected chi connectivity index (χ2v) is 6.58. The van der Waals surface area contributed by atoms with Crippen LogP contribution in [0.3, 0.4) is 0 Å². The number of carbonyl (C=O) groups is 2. The van der Waals surface area contributed by atoms with E-state index in [-0.39, 0.29) is 23.8 Å². The van der Waals surface area contributed by atoms with Crippen molar-refractivity contribution in [3.63, 3.8) is 0 Å². The lowest BCUT2D eigenvalue weighted by atomic mass is 10.1. The third kappa shape index (κ3) is 3.55. The molecule has 0 radical (unpaired) electrons. The highest BCUT2D eigenvalue weighted by atomic mass is 16.2. The fourth-order valence-corrected chi connectivity index (χ4v) is 3.01. The maximum Gasteiger partial charge on any atom is 0.271 e. The summed E-state index contributed by atoms with van der Waals surface area (Å²) in [5.41, 5.74) is 1.31. The molecule has 0 saturated heterocycles. The van der Waals surface area contributed by atoms with Gasteiger partial charge in [-0.05, 0) is 18.6 Å². The Bertz CT molecular complexity index is 769. The summed E-state index contributed by atoms with van der Waals surface area (Å²) in [5, 5.41) is 2.86. The second kappa shape index (κ2) is 7.04. The highest BCUT2D eigenvalue weighted by molar-refractivity contribution is 5.92. The van der Waals surface area contributed by atoms with Gasteiger partial charge < -0.3 is 14.8 Å². The van der Waals surface area contributed by atoms with Crippen LogP contribution in [-0.4, -0.2) is 37.8 Å². The van der Waals surface area contributed by atoms with Gasteiger partial charge in [-0.1, -0.05) is 19.9 Å². The fourth-order valence-electron chi connectivity index (χ4n) is 3.01. The first-order valence-corrected chi connectivity index (χ1v) is 8.52. The first kappa shape index (κ1) is 17.1. The monoisotopic (exact) mass is 341 g/mol. The average molecular weight is 341 g/mol. The third-order valence-electron chi connectivity index (χ3n) is 4.42. The minimum absolute atomic E-state index is 0.0498. The molecule has 0 fully saturated rings. The smallest absolute Gasteiger partial charge is 0.271 e. The lowest BCUT2D eigenvalue weighted by Crippen LogP contribution is -2.42. The van der Waals surface area contributed by atoms with Crippen LogP contribution < -0.4 is 5.32 Å². The zero-order chi connectivity index (χ0) is 18.0. The van der Waals surface area contributed by atoms with Crippen molar-refractivity contribution in [2.75, 3.05) is 6.54 Å². The normalized spacial score (nSPS) is 16.6. The molecule has 25 heavy (non-hydrogen) atoms. The summed E-state index contributed by atoms with van der Waals surface area (Å²) in [7, 11) is 0. The predicted molar refractivity (Wildman–Crippen MR) is 92.6 cm³/mol. The Morgan fingerprint density at radius 3 is 2.84 bits per heavy atom. The molecule has 0 unspecified atom stereocenters. The van der Waals surface area contributed by atoms with Gasteiger partial charge in [0.2, 0.25) is 5.91 Å². The Kier molecular flexibility index (Phi) is 4.83. The van der Waals surface area contributed by atoms with Crippen LogP contribution in [-0.2, 0) is 17.9 Å². The number of aromatic nitrogens is 3. The van der Waals surface area contributed by atoms with E-state index >= 15 is 0 Å². The molecule has 132 valence electrons. The van der Waals surface area contributed by atoms with Gasteiger partial charge in [-0.3, -0.25) is 14.6 Å². The van der Waals surface area contributed by atoms with Gasteiger partial charge in [-0.15, -0.1) is 0 Å². The molecule has 1 atom stereocenters. The number of rotatable bonds is 4. The maximum atomic E-state index is 12.4. The molecule has 1 aliphatic rings. The number of carbonyl (C=O) groups excluding carboxylic acids is 2. The number of hydrogen-bond acceptors (Lipinski definition) is 4. The van der Waals surface area contributed by atoms with Gasteiger partial charge in [0, 0.05) is 44.1 Å². The van der Waals surface area contributed by atoms with E-state index in [0.29, 0.717) is 25.3 Å². The fraction of sp³-hybridized carbons (Fsp3) is 0.444. The summed E-state index contributed by atoms with van der Waals surface area (Å²) in [6.45, 7) is 7.44. The minimum atomic E-state index is -0.223. The van der Waals surface area contributed by atoms with Crippen LogP contribution in [0.2, 0.25) is 0 Å². The van der Waals surface area contributed by atoms with Crippen molar-refractivity contribution in [1.29, 1.82) is 0 Å². The highest BCUT2D eigenvalue weighted by Crippen LogP contribution is 2.26. The average Bonchev–Trinajstić information content (AvgIpc) is 3.05. The first-order chi connectivity index (χ1) is 12.0. The van der Waals surface area contributed by atoms with Gasteiger partial charge in [-0.25, -0.2) is 4.98 Å². The van der Waals surface area contributed by atoms with E-state index in [1.807, 2.05) is 42.4 Å². The van der Waals surface area contributed by atoms with E-state index in [2.05, 4.69) is 15.3 Å². The summed E-state index contributed by atoms with van der Waals surface area (Å²) >= 11 is 0. The topological polar surface area (TPSA) is 80.1 Å². The Morgan fingerprint density at radius 1 is 1.36 bits per heavy atom. The van der Waals surface area contributed by atoms with Crippen LogP contribution in [0, 0.1) is 5.92 Å². The van der Waals surface area contributed by atoms with E-state index in [9.17, 15) is 9.59 Å². The largest absolute Gasteiger partial charge is 0.347 e. The second-order valence-electron chi connectivity index (χ2n) is 6.58. The van der Waals surface area contributed by atoms with Crippen molar-refractivity contribution in [1.82, 2.24) is 24.8 Å². The zero-order valence-corrected chi connectivity index (χ0v) is 14.8. The lowest BCUT2D eigenvalue weighted by Gasteiger charge is -2.34. The first-order valence-electron chi connectivity index (χ1n) is 8.52. The molecule has 2 amide bonds. The molecular weight excluding hydrogens is 318 g/mol. The van der Waals surface area contributed by atoms with Gasteiger partial charge in [0.05, 0.1) is 6.04 Å². The number of pyridine rings is 1. The molecule has 1 N–H and O–H groups in total. The Morgan fingerprint density at radius 2 is 2.16 bits per heavy atom. The Balaban J connectivity index is 1.71. The van der Waals surface area contributed by atoms with Crippen LogP contribution in [0.15, 0.2) is 30.7 Å². The van der Waals surface area contributed by atoms with E-state index < -0.39 is 0 Å². The van der Waals surface area contributed by atoms with Crippen LogP contribution in [0.25, 0.3) is 0 Å². The molecule has 3 rings (SSSR count). The SMILES string of the molecule is CC(C)C(=O)N1CCn2cc(C(=O)NCc3cccnc3)nc2[C@@H]1C. The van der Waals surface area contributed by atoms with Crippen molar-refractivity contribution in [3.8, 4) is 0 Å². The minimum Gasteiger partial charge on any atom is -0.347 e. The highest BCUT2D eigenvalue weighted by Gasteiger charge is 2.31. The Labute approximate surface area is 147 Å². The molecule has 0 aromatic carbocycles. The quantitative estimate of drug-likeness (QED) is 0.919. The third-order valence-corrected chi connectivity index (χ3v) is 4.42. The summed E-state index contributed by atoms with van der Waals surface area (Å²) in [5.74, 6) is 0.599. The lowest BCUT2D eigenvalue weighted by molar-refractivity contribution is -0.137. The van der Waals surface area contributed by atoms with Gasteiger partial charge in [0.25, 0.3) is 5.91 Å². The van der Waals surface area contributed by atoms with Gasteiger partial charge >= 0.3 is 0 Å². The molecule has 0 bridgehead atoms. The van der Waals surface area contributed by atoms with Gasteiger partial charge in [0.15, 0.2) is 0 Å². The molecule has 7 heteroatoms. The van der Waals surface area contributed by atoms with E-state index in [1.165, 1.54) is 0 Å². The number of amides is 2. The molecule has 0 spiro atoms. The van der Waals surface area contributed by atoms with Crippen LogP contribution >= 0.6 is 0 Å². The van der Waals surface area contributed by atoms with E-state index in [0.717, 1.165) is 11.4 Å². The van der Waals surface area contributed by atoms with Gasteiger partial charge in [-0.2, -0.15) is 0 Å².